The van der Waals surface area contributed by atoms with Gasteiger partial charge >= 0.3 is 0 Å². The molecule has 5 rings (SSSR count). The van der Waals surface area contributed by atoms with Crippen LogP contribution in [0, 0.1) is 17.7 Å². The summed E-state index contributed by atoms with van der Waals surface area (Å²) in [5.74, 6) is -3.81. The van der Waals surface area contributed by atoms with Crippen molar-refractivity contribution in [3.63, 3.8) is 0 Å². The molecule has 2 aromatic heterocycles. The van der Waals surface area contributed by atoms with E-state index in [1.165, 1.54) is 23.5 Å². The van der Waals surface area contributed by atoms with Gasteiger partial charge in [-0.1, -0.05) is 39.2 Å². The summed E-state index contributed by atoms with van der Waals surface area (Å²) in [4.78, 5) is 62.3. The predicted octanol–water partition coefficient (Wildman–Crippen LogP) is 4.98. The molecule has 0 bridgehead atoms. The van der Waals surface area contributed by atoms with Crippen LogP contribution in [0.5, 0.6) is 0 Å². The van der Waals surface area contributed by atoms with Crippen LogP contribution in [0.3, 0.4) is 0 Å². The topological polar surface area (TPSA) is 124 Å². The van der Waals surface area contributed by atoms with Crippen molar-refractivity contribution in [1.82, 2.24) is 20.1 Å². The van der Waals surface area contributed by atoms with E-state index in [4.69, 9.17) is 0 Å². The van der Waals surface area contributed by atoms with Gasteiger partial charge < -0.3 is 25.8 Å². The average Bonchev–Trinajstić information content (AvgIpc) is 3.47. The third kappa shape index (κ3) is 7.72. The zero-order valence-electron chi connectivity index (χ0n) is 26.7. The lowest BCUT2D eigenvalue weighted by molar-refractivity contribution is -0.138. The minimum atomic E-state index is -1.00. The molecular weight excluding hydrogens is 607 g/mol. The SMILES string of the molecule is CCC(=O)N[C@@H](C(=O)N1CCN(C)CC1)[C@@H](C)c1ccc(NC(=O)[C@@H](C(=O)Nc2csc3ncccc23)C2CCCCC2)c(F)c1. The highest BCUT2D eigenvalue weighted by Gasteiger charge is 2.37. The van der Waals surface area contributed by atoms with Gasteiger partial charge in [0.2, 0.25) is 23.6 Å². The van der Waals surface area contributed by atoms with Crippen LogP contribution in [-0.2, 0) is 19.2 Å². The molecule has 246 valence electrons. The molecule has 46 heavy (non-hydrogen) atoms. The Bertz CT molecular complexity index is 1570. The van der Waals surface area contributed by atoms with Gasteiger partial charge in [-0.25, -0.2) is 9.37 Å². The number of thiophene rings is 1. The van der Waals surface area contributed by atoms with Crippen molar-refractivity contribution >= 4 is 56.6 Å². The standard InChI is InChI=1S/C34H43FN6O4S/c1-4-28(42)39-30(34(45)41-17-15-40(3)16-18-41)21(2)23-12-13-26(25(35)19-23)37-31(43)29(22-9-6-5-7-10-22)32(44)38-27-20-46-33-24(27)11-8-14-36-33/h8,11-14,19-22,29-30H,4-7,9-10,15-18H2,1-3H3,(H,37,43)(H,38,44)(H,39,42)/t21-,29-,30+/m0/s1. The number of pyridine rings is 1. The summed E-state index contributed by atoms with van der Waals surface area (Å²) < 4.78 is 15.6. The molecule has 3 heterocycles. The molecule has 10 nitrogen and oxygen atoms in total. The lowest BCUT2D eigenvalue weighted by atomic mass is 9.79. The molecule has 1 aliphatic carbocycles. The number of rotatable bonds is 10. The molecule has 1 saturated heterocycles. The molecule has 1 aromatic carbocycles. The average molecular weight is 651 g/mol. The molecule has 2 aliphatic rings. The Hall–Kier alpha value is -3.90. The number of amides is 4. The molecule has 0 unspecified atom stereocenters. The van der Waals surface area contributed by atoms with Crippen LogP contribution in [0.25, 0.3) is 10.2 Å². The van der Waals surface area contributed by atoms with Crippen molar-refractivity contribution in [1.29, 1.82) is 0 Å². The highest BCUT2D eigenvalue weighted by molar-refractivity contribution is 7.17. The van der Waals surface area contributed by atoms with Crippen LogP contribution < -0.4 is 16.0 Å². The number of nitrogens with zero attached hydrogens (tertiary/aromatic N) is 3. The van der Waals surface area contributed by atoms with E-state index in [9.17, 15) is 19.2 Å². The van der Waals surface area contributed by atoms with Crippen molar-refractivity contribution in [2.45, 2.75) is 64.3 Å². The maximum Gasteiger partial charge on any atom is 0.245 e. The van der Waals surface area contributed by atoms with Crippen molar-refractivity contribution in [2.24, 2.45) is 11.8 Å². The number of carbonyl (C=O) groups is 4. The van der Waals surface area contributed by atoms with E-state index < -0.39 is 35.5 Å². The lowest BCUT2D eigenvalue weighted by Crippen LogP contribution is -2.55. The second-order valence-electron chi connectivity index (χ2n) is 12.4. The number of piperazine rings is 1. The van der Waals surface area contributed by atoms with Gasteiger partial charge in [-0.2, -0.15) is 0 Å². The zero-order valence-corrected chi connectivity index (χ0v) is 27.5. The van der Waals surface area contributed by atoms with Crippen LogP contribution in [0.2, 0.25) is 0 Å². The zero-order chi connectivity index (χ0) is 32.8. The molecule has 12 heteroatoms. The fourth-order valence-corrected chi connectivity index (χ4v) is 7.25. The second kappa shape index (κ2) is 15.1. The molecular formula is C34H43FN6O4S. The summed E-state index contributed by atoms with van der Waals surface area (Å²) >= 11 is 1.41. The van der Waals surface area contributed by atoms with Crippen molar-refractivity contribution in [3.05, 3.63) is 53.3 Å². The van der Waals surface area contributed by atoms with Crippen LogP contribution >= 0.6 is 11.3 Å². The fraction of sp³-hybridized carbons (Fsp3) is 0.500. The summed E-state index contributed by atoms with van der Waals surface area (Å²) in [6.07, 6.45) is 6.29. The largest absolute Gasteiger partial charge is 0.344 e. The summed E-state index contributed by atoms with van der Waals surface area (Å²) in [6, 6.07) is 7.23. The Morgan fingerprint density at radius 2 is 1.70 bits per heavy atom. The van der Waals surface area contributed by atoms with Gasteiger partial charge in [0.05, 0.1) is 11.4 Å². The van der Waals surface area contributed by atoms with Gasteiger partial charge in [0.25, 0.3) is 0 Å². The molecule has 0 radical (unpaired) electrons. The van der Waals surface area contributed by atoms with E-state index in [0.717, 1.165) is 55.4 Å². The number of fused-ring (bicyclic) bond motifs is 1. The van der Waals surface area contributed by atoms with Crippen molar-refractivity contribution in [3.8, 4) is 0 Å². The van der Waals surface area contributed by atoms with Gasteiger partial charge in [0.15, 0.2) is 0 Å². The summed E-state index contributed by atoms with van der Waals surface area (Å²) in [7, 11) is 2.00. The number of likely N-dealkylation sites (N-methyl/N-ethyl adjacent to an activating group) is 1. The van der Waals surface area contributed by atoms with Gasteiger partial charge in [0.1, 0.15) is 22.6 Å². The van der Waals surface area contributed by atoms with Gasteiger partial charge in [-0.05, 0) is 55.6 Å². The van der Waals surface area contributed by atoms with E-state index in [0.29, 0.717) is 24.3 Å². The number of aromatic nitrogens is 1. The first-order chi connectivity index (χ1) is 22.2. The summed E-state index contributed by atoms with van der Waals surface area (Å²) in [5, 5.41) is 11.1. The van der Waals surface area contributed by atoms with E-state index in [2.05, 4.69) is 25.8 Å². The molecule has 0 spiro atoms. The number of carbonyl (C=O) groups excluding carboxylic acids is 4. The number of hydrogen-bond acceptors (Lipinski definition) is 7. The third-order valence-electron chi connectivity index (χ3n) is 9.29. The maximum atomic E-state index is 15.6. The Morgan fingerprint density at radius 3 is 2.37 bits per heavy atom. The van der Waals surface area contributed by atoms with E-state index in [1.54, 1.807) is 37.1 Å². The molecule has 2 fully saturated rings. The number of hydrogen-bond donors (Lipinski definition) is 3. The Labute approximate surface area is 273 Å². The Kier molecular flexibility index (Phi) is 11.0. The van der Waals surface area contributed by atoms with Crippen LogP contribution in [-0.4, -0.2) is 77.7 Å². The van der Waals surface area contributed by atoms with E-state index >= 15 is 4.39 Å². The van der Waals surface area contributed by atoms with E-state index in [1.807, 2.05) is 18.5 Å². The van der Waals surface area contributed by atoms with Gasteiger partial charge in [0, 0.05) is 55.5 Å². The van der Waals surface area contributed by atoms with Crippen LogP contribution in [0.4, 0.5) is 15.8 Å². The monoisotopic (exact) mass is 650 g/mol. The smallest absolute Gasteiger partial charge is 0.245 e. The fourth-order valence-electron chi connectivity index (χ4n) is 6.41. The maximum absolute atomic E-state index is 15.6. The van der Waals surface area contributed by atoms with E-state index in [-0.39, 0.29) is 29.8 Å². The summed E-state index contributed by atoms with van der Waals surface area (Å²) in [6.45, 7) is 6.07. The Morgan fingerprint density at radius 1 is 1.00 bits per heavy atom. The lowest BCUT2D eigenvalue weighted by Gasteiger charge is -2.36. The van der Waals surface area contributed by atoms with Crippen LogP contribution in [0.1, 0.15) is 63.9 Å². The molecule has 3 atom stereocenters. The van der Waals surface area contributed by atoms with Crippen molar-refractivity contribution in [2.75, 3.05) is 43.9 Å². The quantitative estimate of drug-likeness (QED) is 0.266. The number of benzene rings is 1. The molecule has 3 N–H and O–H groups in total. The van der Waals surface area contributed by atoms with Gasteiger partial charge in [-0.15, -0.1) is 11.3 Å². The molecule has 3 aromatic rings. The minimum Gasteiger partial charge on any atom is -0.344 e. The molecule has 1 aliphatic heterocycles. The first kappa shape index (κ1) is 33.5. The van der Waals surface area contributed by atoms with Gasteiger partial charge in [-0.3, -0.25) is 19.2 Å². The normalized spacial score (nSPS) is 18.0. The highest BCUT2D eigenvalue weighted by atomic mass is 32.1. The second-order valence-corrected chi connectivity index (χ2v) is 13.3. The molecule has 4 amide bonds. The number of nitrogens with one attached hydrogen (secondary N) is 3. The highest BCUT2D eigenvalue weighted by Crippen LogP contribution is 2.34. The Balaban J connectivity index is 1.33. The first-order valence-electron chi connectivity index (χ1n) is 16.2. The van der Waals surface area contributed by atoms with Crippen LogP contribution in [0.15, 0.2) is 41.9 Å². The third-order valence-corrected chi connectivity index (χ3v) is 10.2. The van der Waals surface area contributed by atoms with Crippen molar-refractivity contribution < 1.29 is 23.6 Å². The number of anilines is 2. The minimum absolute atomic E-state index is 0.0423. The summed E-state index contributed by atoms with van der Waals surface area (Å²) in [5.41, 5.74) is 1.07. The molecule has 1 saturated carbocycles. The number of halogens is 1. The first-order valence-corrected chi connectivity index (χ1v) is 17.0. The predicted molar refractivity (Wildman–Crippen MR) is 178 cm³/mol.